The first-order valence-corrected chi connectivity index (χ1v) is 14.9. The average molecular weight is 573 g/mol. The minimum Gasteiger partial charge on any atom is -0.309 e. The Kier molecular flexibility index (Phi) is 5.53. The summed E-state index contributed by atoms with van der Waals surface area (Å²) >= 11 is 0. The van der Waals surface area contributed by atoms with Crippen molar-refractivity contribution in [3.8, 4) is 28.1 Å². The number of benzene rings is 6. The van der Waals surface area contributed by atoms with Gasteiger partial charge in [0.2, 0.25) is 0 Å². The van der Waals surface area contributed by atoms with E-state index < -0.39 is 0 Å². The van der Waals surface area contributed by atoms with Crippen LogP contribution in [0.3, 0.4) is 0 Å². The highest BCUT2D eigenvalue weighted by atomic mass is 15.0. The fraction of sp³-hybridized carbons (Fsp3) is 0. The normalized spacial score (nSPS) is 11.5. The van der Waals surface area contributed by atoms with E-state index >= 15 is 0 Å². The fourth-order valence-corrected chi connectivity index (χ4v) is 6.71. The van der Waals surface area contributed by atoms with Crippen molar-refractivity contribution < 1.29 is 0 Å². The monoisotopic (exact) mass is 572 g/mol. The van der Waals surface area contributed by atoms with Crippen molar-refractivity contribution in [3.63, 3.8) is 0 Å². The third-order valence-corrected chi connectivity index (χ3v) is 8.81. The maximum absolute atomic E-state index is 7.61. The van der Waals surface area contributed by atoms with Gasteiger partial charge in [0.15, 0.2) is 5.69 Å². The SMILES string of the molecule is [C-]#[N+]c1ccc2c(c1)c1cc(-c3ccc(-c4nc5ccccc5c5c4ncc4ccccc45)cc3)ccc1n2-c1ccccc1. The van der Waals surface area contributed by atoms with Crippen LogP contribution in [-0.4, -0.2) is 14.5 Å². The van der Waals surface area contributed by atoms with Crippen LogP contribution in [0.1, 0.15) is 0 Å². The molecule has 0 saturated heterocycles. The maximum Gasteiger partial charge on any atom is 0.188 e. The first-order chi connectivity index (χ1) is 22.3. The van der Waals surface area contributed by atoms with E-state index in [2.05, 4.69) is 125 Å². The number of aromatic nitrogens is 3. The van der Waals surface area contributed by atoms with Crippen molar-refractivity contribution in [1.82, 2.24) is 14.5 Å². The molecule has 0 atom stereocenters. The summed E-state index contributed by atoms with van der Waals surface area (Å²) in [6, 6.07) is 48.4. The van der Waals surface area contributed by atoms with Gasteiger partial charge in [0.05, 0.1) is 34.3 Å². The molecule has 0 amide bonds. The van der Waals surface area contributed by atoms with Gasteiger partial charge >= 0.3 is 0 Å². The van der Waals surface area contributed by atoms with Crippen LogP contribution in [0, 0.1) is 6.57 Å². The molecule has 0 aliphatic rings. The van der Waals surface area contributed by atoms with Gasteiger partial charge in [0.1, 0.15) is 0 Å². The standard InChI is InChI=1S/C41H24N4/c1-42-30-20-22-38-35(24-30)34-23-28(19-21-37(34)45(38)31-10-3-2-4-11-31)26-15-17-27(18-16-26)40-41-39(33-13-7-8-14-36(33)44-40)32-12-6-5-9-29(32)25-43-41/h2-25H. The predicted molar refractivity (Wildman–Crippen MR) is 186 cm³/mol. The zero-order chi connectivity index (χ0) is 29.9. The number of hydrogen-bond donors (Lipinski definition) is 0. The highest BCUT2D eigenvalue weighted by Gasteiger charge is 2.16. The van der Waals surface area contributed by atoms with Crippen molar-refractivity contribution >= 4 is 60.1 Å². The van der Waals surface area contributed by atoms with Crippen molar-refractivity contribution in [2.45, 2.75) is 0 Å². The molecule has 0 saturated carbocycles. The lowest BCUT2D eigenvalue weighted by molar-refractivity contribution is 1.18. The summed E-state index contributed by atoms with van der Waals surface area (Å²) in [4.78, 5) is 13.8. The molecule has 0 fully saturated rings. The summed E-state index contributed by atoms with van der Waals surface area (Å²) in [7, 11) is 0. The molecule has 6 aromatic carbocycles. The topological polar surface area (TPSA) is 35.1 Å². The van der Waals surface area contributed by atoms with E-state index in [4.69, 9.17) is 16.5 Å². The summed E-state index contributed by atoms with van der Waals surface area (Å²) in [6.45, 7) is 7.61. The molecule has 3 aromatic heterocycles. The number of pyridine rings is 2. The lowest BCUT2D eigenvalue weighted by Crippen LogP contribution is -1.93. The summed E-state index contributed by atoms with van der Waals surface area (Å²) in [5.41, 5.74) is 9.96. The second kappa shape index (κ2) is 9.87. The minimum atomic E-state index is 0.640. The highest BCUT2D eigenvalue weighted by Crippen LogP contribution is 2.39. The Morgan fingerprint density at radius 1 is 0.556 bits per heavy atom. The second-order valence-corrected chi connectivity index (χ2v) is 11.3. The Morgan fingerprint density at radius 2 is 1.22 bits per heavy atom. The summed E-state index contributed by atoms with van der Waals surface area (Å²) in [6.07, 6.45) is 1.95. The van der Waals surface area contributed by atoms with Crippen LogP contribution in [0.2, 0.25) is 0 Å². The van der Waals surface area contributed by atoms with Crippen LogP contribution in [0.4, 0.5) is 5.69 Å². The lowest BCUT2D eigenvalue weighted by atomic mass is 9.97. The van der Waals surface area contributed by atoms with Crippen molar-refractivity contribution in [3.05, 3.63) is 157 Å². The van der Waals surface area contributed by atoms with Crippen LogP contribution in [-0.2, 0) is 0 Å². The zero-order valence-electron chi connectivity index (χ0n) is 24.1. The molecule has 0 aliphatic heterocycles. The Hall–Kier alpha value is -6.31. The van der Waals surface area contributed by atoms with E-state index in [1.54, 1.807) is 0 Å². The van der Waals surface area contributed by atoms with E-state index in [0.717, 1.165) is 77.1 Å². The van der Waals surface area contributed by atoms with Gasteiger partial charge < -0.3 is 4.57 Å². The molecule has 4 heteroatoms. The Labute approximate surface area is 259 Å². The number of rotatable bonds is 3. The molecule has 0 radical (unpaired) electrons. The van der Waals surface area contributed by atoms with E-state index in [1.165, 1.54) is 5.39 Å². The minimum absolute atomic E-state index is 0.640. The van der Waals surface area contributed by atoms with Crippen molar-refractivity contribution in [1.29, 1.82) is 0 Å². The Bertz CT molecular complexity index is 2630. The smallest absolute Gasteiger partial charge is 0.188 e. The van der Waals surface area contributed by atoms with Gasteiger partial charge in [-0.25, -0.2) is 9.83 Å². The molecule has 0 bridgehead atoms. The van der Waals surface area contributed by atoms with Gasteiger partial charge in [-0.2, -0.15) is 0 Å². The van der Waals surface area contributed by atoms with Gasteiger partial charge in [-0.3, -0.25) is 4.98 Å². The van der Waals surface area contributed by atoms with Gasteiger partial charge in [0.25, 0.3) is 0 Å². The Balaban J connectivity index is 1.20. The average Bonchev–Trinajstić information content (AvgIpc) is 3.44. The zero-order valence-corrected chi connectivity index (χ0v) is 24.1. The van der Waals surface area contributed by atoms with Crippen LogP contribution >= 0.6 is 0 Å². The molecule has 0 aliphatic carbocycles. The number of fused-ring (bicyclic) bond motifs is 8. The quantitative estimate of drug-likeness (QED) is 0.156. The molecular formula is C41H24N4. The molecule has 9 aromatic rings. The predicted octanol–water partition coefficient (Wildman–Crippen LogP) is 10.9. The molecule has 45 heavy (non-hydrogen) atoms. The summed E-state index contributed by atoms with van der Waals surface area (Å²) < 4.78 is 2.28. The third kappa shape index (κ3) is 3.92. The molecule has 9 rings (SSSR count). The molecule has 0 unspecified atom stereocenters. The first-order valence-electron chi connectivity index (χ1n) is 14.9. The molecule has 4 nitrogen and oxygen atoms in total. The first kappa shape index (κ1) is 25.2. The van der Waals surface area contributed by atoms with Gasteiger partial charge in [-0.1, -0.05) is 97.1 Å². The molecule has 0 spiro atoms. The highest BCUT2D eigenvalue weighted by molar-refractivity contribution is 6.20. The van der Waals surface area contributed by atoms with E-state index in [9.17, 15) is 0 Å². The van der Waals surface area contributed by atoms with Gasteiger partial charge in [-0.15, -0.1) is 0 Å². The number of para-hydroxylation sites is 2. The molecular weight excluding hydrogens is 548 g/mol. The molecule has 0 N–H and O–H groups in total. The third-order valence-electron chi connectivity index (χ3n) is 8.81. The van der Waals surface area contributed by atoms with Gasteiger partial charge in [0, 0.05) is 39.0 Å². The van der Waals surface area contributed by atoms with Crippen molar-refractivity contribution in [2.24, 2.45) is 0 Å². The van der Waals surface area contributed by atoms with Crippen LogP contribution in [0.5, 0.6) is 0 Å². The van der Waals surface area contributed by atoms with E-state index in [0.29, 0.717) is 5.69 Å². The summed E-state index contributed by atoms with van der Waals surface area (Å²) in [5, 5.41) is 6.75. The van der Waals surface area contributed by atoms with Crippen LogP contribution in [0.15, 0.2) is 146 Å². The largest absolute Gasteiger partial charge is 0.309 e. The lowest BCUT2D eigenvalue weighted by Gasteiger charge is -2.12. The van der Waals surface area contributed by atoms with Crippen LogP contribution < -0.4 is 0 Å². The fourth-order valence-electron chi connectivity index (χ4n) is 6.71. The molecule has 3 heterocycles. The maximum atomic E-state index is 7.61. The number of hydrogen-bond acceptors (Lipinski definition) is 2. The second-order valence-electron chi connectivity index (χ2n) is 11.3. The van der Waals surface area contributed by atoms with Crippen molar-refractivity contribution in [2.75, 3.05) is 0 Å². The van der Waals surface area contributed by atoms with E-state index in [-0.39, 0.29) is 0 Å². The van der Waals surface area contributed by atoms with Gasteiger partial charge in [-0.05, 0) is 64.4 Å². The Morgan fingerprint density at radius 3 is 2.04 bits per heavy atom. The van der Waals surface area contributed by atoms with Crippen LogP contribution in [0.25, 0.3) is 87.3 Å². The summed E-state index contributed by atoms with van der Waals surface area (Å²) in [5.74, 6) is 0. The van der Waals surface area contributed by atoms with E-state index in [1.807, 2.05) is 30.5 Å². The molecule has 208 valence electrons. The number of nitrogens with zero attached hydrogens (tertiary/aromatic N) is 4.